The molecule has 2 N–H and O–H groups in total. The van der Waals surface area contributed by atoms with Crippen LogP contribution in [0.4, 0.5) is 4.79 Å². The highest BCUT2D eigenvalue weighted by atomic mass is 16.4. The number of nitrogens with one attached hydrogen (secondary N) is 1. The van der Waals surface area contributed by atoms with Gasteiger partial charge in [0.15, 0.2) is 0 Å². The molecule has 0 bridgehead atoms. The van der Waals surface area contributed by atoms with Crippen molar-refractivity contribution in [1.29, 1.82) is 0 Å². The Balaban J connectivity index is 1.92. The zero-order chi connectivity index (χ0) is 17.6. The third-order valence-corrected chi connectivity index (χ3v) is 5.20. The van der Waals surface area contributed by atoms with Crippen molar-refractivity contribution in [2.24, 2.45) is 5.41 Å². The number of rotatable bonds is 8. The second kappa shape index (κ2) is 8.18. The number of likely N-dealkylation sites (tertiary alicyclic amines) is 1. The van der Waals surface area contributed by atoms with Crippen LogP contribution in [-0.4, -0.2) is 41.1 Å². The number of hydrogen-bond donors (Lipinski definition) is 2. The van der Waals surface area contributed by atoms with E-state index < -0.39 is 5.97 Å². The third-order valence-electron chi connectivity index (χ3n) is 5.20. The molecule has 132 valence electrons. The van der Waals surface area contributed by atoms with Crippen molar-refractivity contribution in [3.05, 3.63) is 35.9 Å². The minimum atomic E-state index is -0.831. The molecule has 1 aromatic carbocycles. The molecular formula is C19H28N2O3. The summed E-state index contributed by atoms with van der Waals surface area (Å²) in [5.74, 6) is -0.831. The van der Waals surface area contributed by atoms with Crippen LogP contribution in [0, 0.1) is 5.41 Å². The molecule has 1 unspecified atom stereocenters. The molecule has 1 aliphatic rings. The van der Waals surface area contributed by atoms with Gasteiger partial charge in [0.1, 0.15) is 0 Å². The van der Waals surface area contributed by atoms with E-state index in [1.54, 1.807) is 0 Å². The number of carboxylic acid groups (broad SMARTS) is 1. The minimum absolute atomic E-state index is 0.0611. The van der Waals surface area contributed by atoms with Gasteiger partial charge in [-0.3, -0.25) is 4.79 Å². The summed E-state index contributed by atoms with van der Waals surface area (Å²) in [6, 6.07) is 9.64. The first kappa shape index (κ1) is 18.3. The number of amides is 2. The normalized spacial score (nSPS) is 17.0. The van der Waals surface area contributed by atoms with Crippen molar-refractivity contribution in [3.63, 3.8) is 0 Å². The molecule has 0 aromatic heterocycles. The summed E-state index contributed by atoms with van der Waals surface area (Å²) in [4.78, 5) is 25.2. The Kier molecular flexibility index (Phi) is 6.23. The molecule has 0 radical (unpaired) electrons. The molecule has 0 saturated carbocycles. The molecule has 1 aliphatic heterocycles. The van der Waals surface area contributed by atoms with Crippen molar-refractivity contribution in [1.82, 2.24) is 10.2 Å². The molecule has 1 fully saturated rings. The lowest BCUT2D eigenvalue weighted by Crippen LogP contribution is -2.61. The molecule has 1 saturated heterocycles. The summed E-state index contributed by atoms with van der Waals surface area (Å²) in [5.41, 5.74) is 1.38. The van der Waals surface area contributed by atoms with Gasteiger partial charge in [-0.15, -0.1) is 0 Å². The minimum Gasteiger partial charge on any atom is -0.481 e. The Morgan fingerprint density at radius 1 is 1.21 bits per heavy atom. The highest BCUT2D eigenvalue weighted by Gasteiger charge is 2.42. The number of urea groups is 1. The zero-order valence-electron chi connectivity index (χ0n) is 14.6. The van der Waals surface area contributed by atoms with Gasteiger partial charge in [0, 0.05) is 31.0 Å². The van der Waals surface area contributed by atoms with Gasteiger partial charge < -0.3 is 15.3 Å². The molecule has 2 amide bonds. The average Bonchev–Trinajstić information content (AvgIpc) is 2.53. The second-order valence-corrected chi connectivity index (χ2v) is 6.83. The molecule has 24 heavy (non-hydrogen) atoms. The van der Waals surface area contributed by atoms with E-state index in [0.29, 0.717) is 12.8 Å². The predicted octanol–water partition coefficient (Wildman–Crippen LogP) is 3.29. The van der Waals surface area contributed by atoms with Crippen molar-refractivity contribution in [2.75, 3.05) is 13.1 Å². The Morgan fingerprint density at radius 2 is 1.83 bits per heavy atom. The molecule has 5 heteroatoms. The van der Waals surface area contributed by atoms with Crippen molar-refractivity contribution >= 4 is 12.0 Å². The molecule has 1 heterocycles. The van der Waals surface area contributed by atoms with Gasteiger partial charge in [0.2, 0.25) is 0 Å². The molecule has 0 aliphatic carbocycles. The Labute approximate surface area is 144 Å². The van der Waals surface area contributed by atoms with Crippen LogP contribution in [0.1, 0.15) is 45.1 Å². The second-order valence-electron chi connectivity index (χ2n) is 6.83. The number of carbonyl (C=O) groups excluding carboxylic acids is 1. The zero-order valence-corrected chi connectivity index (χ0v) is 14.6. The van der Waals surface area contributed by atoms with Gasteiger partial charge in [-0.05, 0) is 31.2 Å². The summed E-state index contributed by atoms with van der Waals surface area (Å²) in [5, 5.41) is 12.0. The lowest BCUT2D eigenvalue weighted by Gasteiger charge is -2.49. The van der Waals surface area contributed by atoms with Gasteiger partial charge in [0.05, 0.1) is 0 Å². The smallest absolute Gasteiger partial charge is 0.317 e. The van der Waals surface area contributed by atoms with Crippen LogP contribution in [-0.2, 0) is 11.2 Å². The van der Waals surface area contributed by atoms with Crippen LogP contribution in [0.15, 0.2) is 30.3 Å². The largest absolute Gasteiger partial charge is 0.481 e. The highest BCUT2D eigenvalue weighted by molar-refractivity contribution is 5.76. The number of aliphatic carboxylic acids is 1. The average molecular weight is 332 g/mol. The Morgan fingerprint density at radius 3 is 2.38 bits per heavy atom. The summed E-state index contributed by atoms with van der Waals surface area (Å²) in [6.45, 7) is 5.93. The first-order valence-corrected chi connectivity index (χ1v) is 8.79. The molecule has 1 aromatic rings. The van der Waals surface area contributed by atoms with Crippen LogP contribution in [0.5, 0.6) is 0 Å². The van der Waals surface area contributed by atoms with Gasteiger partial charge in [-0.2, -0.15) is 0 Å². The molecule has 5 nitrogen and oxygen atoms in total. The molecule has 1 atom stereocenters. The van der Waals surface area contributed by atoms with Gasteiger partial charge in [-0.25, -0.2) is 4.79 Å². The lowest BCUT2D eigenvalue weighted by atomic mass is 9.75. The maximum absolute atomic E-state index is 12.5. The van der Waals surface area contributed by atoms with Crippen LogP contribution in [0.2, 0.25) is 0 Å². The van der Waals surface area contributed by atoms with Crippen molar-refractivity contribution in [2.45, 2.75) is 52.0 Å². The Hall–Kier alpha value is -2.04. The van der Waals surface area contributed by atoms with E-state index in [1.807, 2.05) is 35.2 Å². The Bertz CT molecular complexity index is 547. The summed E-state index contributed by atoms with van der Waals surface area (Å²) in [7, 11) is 0. The summed E-state index contributed by atoms with van der Waals surface area (Å²) < 4.78 is 0. The summed E-state index contributed by atoms with van der Waals surface area (Å²) in [6.07, 6.45) is 3.32. The molecule has 0 spiro atoms. The fourth-order valence-electron chi connectivity index (χ4n) is 3.29. The van der Waals surface area contributed by atoms with E-state index in [0.717, 1.165) is 31.5 Å². The van der Waals surface area contributed by atoms with Crippen LogP contribution < -0.4 is 5.32 Å². The monoisotopic (exact) mass is 332 g/mol. The number of carbonyl (C=O) groups is 2. The van der Waals surface area contributed by atoms with Gasteiger partial charge in [0.25, 0.3) is 0 Å². The fraction of sp³-hybridized carbons (Fsp3) is 0.579. The lowest BCUT2D eigenvalue weighted by molar-refractivity contribution is -0.137. The van der Waals surface area contributed by atoms with Gasteiger partial charge >= 0.3 is 12.0 Å². The standard InChI is InChI=1S/C19H28N2O3/c1-3-19(4-2)13-21(14-19)18(24)20-16(10-11-17(22)23)12-15-8-6-5-7-9-15/h5-9,16H,3-4,10-14H2,1-2H3,(H,20,24)(H,22,23). The van der Waals surface area contributed by atoms with Crippen LogP contribution >= 0.6 is 0 Å². The van der Waals surface area contributed by atoms with Crippen molar-refractivity contribution in [3.8, 4) is 0 Å². The molecule has 2 rings (SSSR count). The quantitative estimate of drug-likeness (QED) is 0.767. The predicted molar refractivity (Wildman–Crippen MR) is 93.9 cm³/mol. The van der Waals surface area contributed by atoms with Crippen molar-refractivity contribution < 1.29 is 14.7 Å². The SMILES string of the molecule is CCC1(CC)CN(C(=O)NC(CCC(=O)O)Cc2ccccc2)C1. The number of benzene rings is 1. The topological polar surface area (TPSA) is 69.6 Å². The maximum Gasteiger partial charge on any atom is 0.317 e. The van der Waals surface area contributed by atoms with E-state index in [9.17, 15) is 9.59 Å². The number of carboxylic acids is 1. The highest BCUT2D eigenvalue weighted by Crippen LogP contribution is 2.36. The van der Waals surface area contributed by atoms with E-state index in [-0.39, 0.29) is 23.9 Å². The first-order valence-electron chi connectivity index (χ1n) is 8.79. The number of nitrogens with zero attached hydrogens (tertiary/aromatic N) is 1. The third kappa shape index (κ3) is 4.73. The first-order chi connectivity index (χ1) is 11.5. The van der Waals surface area contributed by atoms with E-state index in [4.69, 9.17) is 5.11 Å². The van der Waals surface area contributed by atoms with Crippen LogP contribution in [0.25, 0.3) is 0 Å². The maximum atomic E-state index is 12.5. The van der Waals surface area contributed by atoms with Crippen LogP contribution in [0.3, 0.4) is 0 Å². The van der Waals surface area contributed by atoms with E-state index in [2.05, 4.69) is 19.2 Å². The molecular weight excluding hydrogens is 304 g/mol. The van der Waals surface area contributed by atoms with E-state index in [1.165, 1.54) is 0 Å². The van der Waals surface area contributed by atoms with Gasteiger partial charge in [-0.1, -0.05) is 44.2 Å². The number of hydrogen-bond acceptors (Lipinski definition) is 2. The van der Waals surface area contributed by atoms with E-state index >= 15 is 0 Å². The summed E-state index contributed by atoms with van der Waals surface area (Å²) >= 11 is 0. The fourth-order valence-corrected chi connectivity index (χ4v) is 3.29.